The maximum absolute atomic E-state index is 12.3. The Balaban J connectivity index is 0.000000119. The maximum Gasteiger partial charge on any atom is 0.316 e. The number of hydrogen-bond donors (Lipinski definition) is 0. The summed E-state index contributed by atoms with van der Waals surface area (Å²) in [6.07, 6.45) is 9.22. The zero-order chi connectivity index (χ0) is 68.2. The topological polar surface area (TPSA) is 272 Å². The van der Waals surface area contributed by atoms with Crippen LogP contribution in [0.15, 0.2) is 0 Å². The molecular weight excluding hydrogens is 1200 g/mol. The largest absolute Gasteiger partial charge is 0.462 e. The lowest BCUT2D eigenvalue weighted by Gasteiger charge is -2.36. The molecule has 0 aromatic rings. The minimum atomic E-state index is -0.604. The number of carbonyl (C=O) groups excluding carboxylic acids is 10. The van der Waals surface area contributed by atoms with E-state index in [0.717, 1.165) is 77.0 Å². The van der Waals surface area contributed by atoms with E-state index in [1.54, 1.807) is 0 Å². The molecule has 8 saturated carbocycles. The lowest BCUT2D eigenvalue weighted by molar-refractivity contribution is -0.181. The van der Waals surface area contributed by atoms with Gasteiger partial charge in [-0.25, -0.2) is 0 Å². The van der Waals surface area contributed by atoms with Gasteiger partial charge in [-0.2, -0.15) is 0 Å². The number of carbonyl (C=O) groups is 10. The smallest absolute Gasteiger partial charge is 0.316 e. The first-order valence-electron chi connectivity index (χ1n) is 35.0. The quantitative estimate of drug-likeness (QED) is 0.109. The van der Waals surface area contributed by atoms with Crippen molar-refractivity contribution in [3.8, 4) is 0 Å². The SMILES string of the molecule is CCC(C)(C)C(=O)OC1C2CC3C(=O)OC1(C)C3C2.CCC(C)(C)C(=O)OC1C2CC3C(=O)OC1C3O2.CCC(C)(C)C(=O)OC1C2CC3OC(=O)C1(C)C3C2.CCC(C)(C)C(=O)OC1C2CC3OC(=O)C1C3C2.CCC(C)(C)C(=O)OC1C2OC(=O)C3CC1(C)CC32. The van der Waals surface area contributed by atoms with Crippen LogP contribution in [0, 0.1) is 103 Å². The summed E-state index contributed by atoms with van der Waals surface area (Å²) in [6, 6.07) is 0. The van der Waals surface area contributed by atoms with Gasteiger partial charge in [0.15, 0.2) is 12.2 Å². The average molecular weight is 1310 g/mol. The third-order valence-electron chi connectivity index (χ3n) is 26.4. The lowest BCUT2D eigenvalue weighted by atomic mass is 9.73. The summed E-state index contributed by atoms with van der Waals surface area (Å²) in [5, 5.41) is 0. The van der Waals surface area contributed by atoms with Gasteiger partial charge in [-0.15, -0.1) is 0 Å². The molecule has 21 heteroatoms. The molecule has 7 saturated heterocycles. The summed E-state index contributed by atoms with van der Waals surface area (Å²) in [6.45, 7) is 34.7. The van der Waals surface area contributed by atoms with E-state index in [0.29, 0.717) is 36.5 Å². The Hall–Kier alpha value is -5.34. The van der Waals surface area contributed by atoms with Crippen molar-refractivity contribution in [2.24, 2.45) is 103 Å². The van der Waals surface area contributed by atoms with Crippen molar-refractivity contribution >= 4 is 59.7 Å². The molecule has 0 amide bonds. The van der Waals surface area contributed by atoms with Crippen LogP contribution in [0.3, 0.4) is 0 Å². The van der Waals surface area contributed by atoms with Gasteiger partial charge in [-0.1, -0.05) is 41.5 Å². The van der Waals surface area contributed by atoms with Crippen LogP contribution < -0.4 is 0 Å². The summed E-state index contributed by atoms with van der Waals surface area (Å²) in [7, 11) is 0. The van der Waals surface area contributed by atoms with Gasteiger partial charge in [-0.3, -0.25) is 47.9 Å². The first-order valence-corrected chi connectivity index (χ1v) is 35.0. The summed E-state index contributed by atoms with van der Waals surface area (Å²) < 4.78 is 61.2. The van der Waals surface area contributed by atoms with E-state index < -0.39 is 50.3 Å². The number of fused-ring (bicyclic) bond motifs is 5. The number of hydrogen-bond acceptors (Lipinski definition) is 21. The molecule has 15 rings (SSSR count). The predicted octanol–water partition coefficient (Wildman–Crippen LogP) is 9.88. The van der Waals surface area contributed by atoms with Crippen LogP contribution in [0.1, 0.15) is 215 Å². The van der Waals surface area contributed by atoms with Crippen molar-refractivity contribution in [2.75, 3.05) is 0 Å². The molecule has 15 fully saturated rings. The van der Waals surface area contributed by atoms with Crippen LogP contribution in [0.5, 0.6) is 0 Å². The molecule has 518 valence electrons. The van der Waals surface area contributed by atoms with E-state index in [-0.39, 0.29) is 161 Å². The van der Waals surface area contributed by atoms with Crippen LogP contribution in [0.25, 0.3) is 0 Å². The fraction of sp³-hybridized carbons (Fsp3) is 0.861. The standard InChI is InChI=1S/3C15H22O4.C14H20O4.C13H18O5/c1-5-14(2,3)13(17)19-11-10-8-6-15(11,4)7-9(8)12(16)18-10;1-5-14(2,3)12(16)19-11-8-6-9-10(7-8)18-13(17)15(9,11)4;1-5-14(2,3)13(17)18-11-8-6-9-10(7-8)15(11,4)19-12(9)16;1-4-14(2,3)13(16)18-11-7-5-8-9(6-7)17-12(15)10(8)11;1-4-13(2,3)12(15)18-9-7-5-6-8(16-7)10(9)17-11(6)14/h3*8-11H,5-7H2,1-4H3;7-11H,4-6H2,1-3H3;6-10H,4-5H2,1-3H3. The minimum Gasteiger partial charge on any atom is -0.462 e. The van der Waals surface area contributed by atoms with Gasteiger partial charge in [0.25, 0.3) is 0 Å². The molecule has 8 aliphatic carbocycles. The zero-order valence-electron chi connectivity index (χ0n) is 58.2. The number of ether oxygens (including phenoxy) is 11. The van der Waals surface area contributed by atoms with E-state index in [2.05, 4.69) is 6.92 Å². The molecule has 7 aliphatic heterocycles. The van der Waals surface area contributed by atoms with E-state index in [1.807, 2.05) is 118 Å². The normalized spacial score (nSPS) is 42.5. The summed E-state index contributed by atoms with van der Waals surface area (Å²) in [5.41, 5.74) is -3.67. The van der Waals surface area contributed by atoms with Crippen LogP contribution >= 0.6 is 0 Å². The van der Waals surface area contributed by atoms with E-state index >= 15 is 0 Å². The third kappa shape index (κ3) is 11.3. The van der Waals surface area contributed by atoms with E-state index in [9.17, 15) is 47.9 Å². The molecule has 0 radical (unpaired) electrons. The Labute approximate surface area is 547 Å². The molecule has 10 bridgehead atoms. The third-order valence-corrected chi connectivity index (χ3v) is 26.4. The molecule has 0 spiro atoms. The summed E-state index contributed by atoms with van der Waals surface area (Å²) >= 11 is 0. The Morgan fingerprint density at radius 2 is 0.903 bits per heavy atom. The Morgan fingerprint density at radius 1 is 0.419 bits per heavy atom. The van der Waals surface area contributed by atoms with Crippen molar-refractivity contribution < 1.29 is 100 Å². The number of rotatable bonds is 15. The van der Waals surface area contributed by atoms with E-state index in [1.165, 1.54) is 0 Å². The lowest BCUT2D eigenvalue weighted by Crippen LogP contribution is -2.47. The zero-order valence-corrected chi connectivity index (χ0v) is 58.2. The van der Waals surface area contributed by atoms with Crippen LogP contribution in [-0.2, 0) is 100 Å². The van der Waals surface area contributed by atoms with Gasteiger partial charge in [0.2, 0.25) is 0 Å². The minimum absolute atomic E-state index is 0.0455. The van der Waals surface area contributed by atoms with Crippen molar-refractivity contribution in [1.29, 1.82) is 0 Å². The van der Waals surface area contributed by atoms with E-state index in [4.69, 9.17) is 52.1 Å². The second kappa shape index (κ2) is 23.7. The average Bonchev–Trinajstić information content (AvgIpc) is 1.56. The number of esters is 10. The van der Waals surface area contributed by atoms with Gasteiger partial charge in [-0.05, 0) is 173 Å². The van der Waals surface area contributed by atoms with Crippen LogP contribution in [-0.4, -0.2) is 132 Å². The first kappa shape index (κ1) is 69.0. The summed E-state index contributed by atoms with van der Waals surface area (Å²) in [4.78, 5) is 120. The first-order chi connectivity index (χ1) is 43.3. The fourth-order valence-electron chi connectivity index (χ4n) is 18.1. The van der Waals surface area contributed by atoms with Crippen LogP contribution in [0.4, 0.5) is 0 Å². The Bertz CT molecular complexity index is 3020. The molecule has 25 atom stereocenters. The van der Waals surface area contributed by atoms with Gasteiger partial charge < -0.3 is 52.1 Å². The fourth-order valence-corrected chi connectivity index (χ4v) is 18.1. The predicted molar refractivity (Wildman–Crippen MR) is 329 cm³/mol. The highest BCUT2D eigenvalue weighted by Crippen LogP contribution is 2.65. The summed E-state index contributed by atoms with van der Waals surface area (Å²) in [5.74, 6) is 0.0379. The second-order valence-corrected chi connectivity index (χ2v) is 34.0. The molecule has 0 aromatic carbocycles. The van der Waals surface area contributed by atoms with Crippen molar-refractivity contribution in [3.05, 3.63) is 0 Å². The van der Waals surface area contributed by atoms with Crippen LogP contribution in [0.2, 0.25) is 0 Å². The van der Waals surface area contributed by atoms with Gasteiger partial charge in [0, 0.05) is 46.8 Å². The molecule has 25 unspecified atom stereocenters. The molecular formula is C72H104O21. The Morgan fingerprint density at radius 3 is 1.47 bits per heavy atom. The molecule has 93 heavy (non-hydrogen) atoms. The Kier molecular flexibility index (Phi) is 17.6. The molecule has 0 aromatic heterocycles. The van der Waals surface area contributed by atoms with Crippen molar-refractivity contribution in [3.63, 3.8) is 0 Å². The highest BCUT2D eigenvalue weighted by Gasteiger charge is 2.74. The highest BCUT2D eigenvalue weighted by molar-refractivity contribution is 5.84. The highest BCUT2D eigenvalue weighted by atomic mass is 16.7. The monoisotopic (exact) mass is 1300 g/mol. The van der Waals surface area contributed by atoms with Crippen molar-refractivity contribution in [1.82, 2.24) is 0 Å². The molecule has 7 heterocycles. The molecule has 15 aliphatic rings. The molecule has 21 nitrogen and oxygen atoms in total. The van der Waals surface area contributed by atoms with Gasteiger partial charge in [0.05, 0.1) is 50.9 Å². The van der Waals surface area contributed by atoms with Gasteiger partial charge >= 0.3 is 59.7 Å². The maximum atomic E-state index is 12.3. The second-order valence-electron chi connectivity index (χ2n) is 34.0. The van der Waals surface area contributed by atoms with Gasteiger partial charge in [0.1, 0.15) is 65.8 Å². The molecule has 0 N–H and O–H groups in total. The van der Waals surface area contributed by atoms with Crippen molar-refractivity contribution in [2.45, 2.75) is 287 Å².